The highest BCUT2D eigenvalue weighted by Crippen LogP contribution is 2.28. The predicted octanol–water partition coefficient (Wildman–Crippen LogP) is 2.05. The van der Waals surface area contributed by atoms with Crippen LogP contribution < -0.4 is 5.32 Å². The van der Waals surface area contributed by atoms with Crippen LogP contribution in [0.15, 0.2) is 0 Å². The molecule has 0 bridgehead atoms. The highest BCUT2D eigenvalue weighted by molar-refractivity contribution is 7.99. The van der Waals surface area contributed by atoms with Gasteiger partial charge in [0.25, 0.3) is 0 Å². The lowest BCUT2D eigenvalue weighted by Crippen LogP contribution is -2.46. The van der Waals surface area contributed by atoms with Gasteiger partial charge in [0.15, 0.2) is 0 Å². The molecule has 2 aliphatic rings. The molecule has 2 rings (SSSR count). The van der Waals surface area contributed by atoms with Crippen LogP contribution in [0.1, 0.15) is 39.5 Å². The number of amides is 1. The van der Waals surface area contributed by atoms with Gasteiger partial charge in [0, 0.05) is 31.4 Å². The first kappa shape index (κ1) is 18.1. The van der Waals surface area contributed by atoms with Crippen LogP contribution in [0.25, 0.3) is 0 Å². The predicted molar refractivity (Wildman–Crippen MR) is 95.4 cm³/mol. The standard InChI is InChI=1S/C17H33N3OS/c1-3-19(4-2)11-12-22-14-17(21)20-9-7-16(8-10-20)18-13-15-5-6-15/h15-16,18H,3-14H2,1-2H3. The minimum Gasteiger partial charge on any atom is -0.342 e. The Morgan fingerprint density at radius 1 is 1.18 bits per heavy atom. The first-order chi connectivity index (χ1) is 10.7. The fraction of sp³-hybridized carbons (Fsp3) is 0.941. The molecule has 0 radical (unpaired) electrons. The second kappa shape index (κ2) is 9.78. The Labute approximate surface area is 140 Å². The second-order valence-electron chi connectivity index (χ2n) is 6.59. The van der Waals surface area contributed by atoms with Crippen molar-refractivity contribution in [3.8, 4) is 0 Å². The Morgan fingerprint density at radius 3 is 2.45 bits per heavy atom. The molecule has 4 nitrogen and oxygen atoms in total. The summed E-state index contributed by atoms with van der Waals surface area (Å²) in [6, 6.07) is 0.639. The number of nitrogens with zero attached hydrogens (tertiary/aromatic N) is 2. The fourth-order valence-electron chi connectivity index (χ4n) is 2.97. The minimum atomic E-state index is 0.338. The van der Waals surface area contributed by atoms with Gasteiger partial charge in [0.2, 0.25) is 5.91 Å². The zero-order chi connectivity index (χ0) is 15.8. The molecule has 0 unspecified atom stereocenters. The topological polar surface area (TPSA) is 35.6 Å². The van der Waals surface area contributed by atoms with Crippen LogP contribution in [0.2, 0.25) is 0 Å². The molecule has 1 amide bonds. The zero-order valence-electron chi connectivity index (χ0n) is 14.4. The lowest BCUT2D eigenvalue weighted by Gasteiger charge is -2.32. The lowest BCUT2D eigenvalue weighted by molar-refractivity contribution is -0.129. The SMILES string of the molecule is CCN(CC)CCSCC(=O)N1CCC(NCC2CC2)CC1. The number of carbonyl (C=O) groups is 1. The van der Waals surface area contributed by atoms with Gasteiger partial charge >= 0.3 is 0 Å². The average molecular weight is 328 g/mol. The summed E-state index contributed by atoms with van der Waals surface area (Å²) in [5.74, 6) is 3.00. The van der Waals surface area contributed by atoms with Crippen molar-refractivity contribution in [3.63, 3.8) is 0 Å². The molecule has 128 valence electrons. The molecule has 0 aromatic heterocycles. The summed E-state index contributed by atoms with van der Waals surface area (Å²) in [6.07, 6.45) is 5.08. The molecular weight excluding hydrogens is 294 g/mol. The molecule has 1 heterocycles. The normalized spacial score (nSPS) is 19.9. The molecule has 22 heavy (non-hydrogen) atoms. The highest BCUT2D eigenvalue weighted by Gasteiger charge is 2.25. The molecule has 1 N–H and O–H groups in total. The Bertz CT molecular complexity index is 324. The van der Waals surface area contributed by atoms with Crippen LogP contribution in [0, 0.1) is 5.92 Å². The van der Waals surface area contributed by atoms with E-state index in [2.05, 4.69) is 29.0 Å². The minimum absolute atomic E-state index is 0.338. The molecular formula is C17H33N3OS. The Hall–Kier alpha value is -0.260. The molecule has 1 saturated carbocycles. The van der Waals surface area contributed by atoms with Crippen LogP contribution in [0.3, 0.4) is 0 Å². The molecule has 0 spiro atoms. The van der Waals surface area contributed by atoms with E-state index in [4.69, 9.17) is 0 Å². The van der Waals surface area contributed by atoms with Crippen LogP contribution in [0.4, 0.5) is 0 Å². The Kier molecular flexibility index (Phi) is 8.04. The van der Waals surface area contributed by atoms with Crippen molar-refractivity contribution >= 4 is 17.7 Å². The van der Waals surface area contributed by atoms with E-state index in [1.807, 2.05) is 0 Å². The number of hydrogen-bond donors (Lipinski definition) is 1. The summed E-state index contributed by atoms with van der Waals surface area (Å²) in [7, 11) is 0. The van der Waals surface area contributed by atoms with Crippen molar-refractivity contribution in [1.29, 1.82) is 0 Å². The van der Waals surface area contributed by atoms with E-state index in [0.717, 1.165) is 57.2 Å². The Balaban J connectivity index is 1.52. The molecule has 0 aromatic carbocycles. The maximum Gasteiger partial charge on any atom is 0.232 e. The van der Waals surface area contributed by atoms with Crippen LogP contribution >= 0.6 is 11.8 Å². The van der Waals surface area contributed by atoms with E-state index < -0.39 is 0 Å². The summed E-state index contributed by atoms with van der Waals surface area (Å²) in [5.41, 5.74) is 0. The maximum absolute atomic E-state index is 12.2. The van der Waals surface area contributed by atoms with E-state index in [1.54, 1.807) is 11.8 Å². The number of thioether (sulfide) groups is 1. The van der Waals surface area contributed by atoms with Gasteiger partial charge in [-0.25, -0.2) is 0 Å². The van der Waals surface area contributed by atoms with Gasteiger partial charge in [-0.2, -0.15) is 11.8 Å². The summed E-state index contributed by atoms with van der Waals surface area (Å²) in [4.78, 5) is 16.7. The average Bonchev–Trinajstić information content (AvgIpc) is 3.38. The summed E-state index contributed by atoms with van der Waals surface area (Å²) in [6.45, 7) is 10.8. The van der Waals surface area contributed by atoms with Crippen molar-refractivity contribution in [2.45, 2.75) is 45.6 Å². The van der Waals surface area contributed by atoms with Gasteiger partial charge in [-0.15, -0.1) is 0 Å². The maximum atomic E-state index is 12.2. The largest absolute Gasteiger partial charge is 0.342 e. The van der Waals surface area contributed by atoms with Crippen LogP contribution in [0.5, 0.6) is 0 Å². The van der Waals surface area contributed by atoms with Gasteiger partial charge in [-0.1, -0.05) is 13.8 Å². The second-order valence-corrected chi connectivity index (χ2v) is 7.69. The van der Waals surface area contributed by atoms with Crippen molar-refractivity contribution in [1.82, 2.24) is 15.1 Å². The van der Waals surface area contributed by atoms with Gasteiger partial charge in [-0.3, -0.25) is 4.79 Å². The number of likely N-dealkylation sites (tertiary alicyclic amines) is 1. The molecule has 0 atom stereocenters. The van der Waals surface area contributed by atoms with E-state index in [0.29, 0.717) is 17.7 Å². The number of carbonyl (C=O) groups excluding carboxylic acids is 1. The van der Waals surface area contributed by atoms with E-state index in [9.17, 15) is 4.79 Å². The summed E-state index contributed by atoms with van der Waals surface area (Å²) >= 11 is 1.79. The molecule has 2 fully saturated rings. The molecule has 1 aliphatic carbocycles. The number of hydrogen-bond acceptors (Lipinski definition) is 4. The van der Waals surface area contributed by atoms with Crippen molar-refractivity contribution in [2.75, 3.05) is 50.8 Å². The van der Waals surface area contributed by atoms with E-state index >= 15 is 0 Å². The number of nitrogens with one attached hydrogen (secondary N) is 1. The van der Waals surface area contributed by atoms with Crippen molar-refractivity contribution in [2.24, 2.45) is 5.92 Å². The summed E-state index contributed by atoms with van der Waals surface area (Å²) < 4.78 is 0. The summed E-state index contributed by atoms with van der Waals surface area (Å²) in [5, 5.41) is 3.67. The smallest absolute Gasteiger partial charge is 0.232 e. The lowest BCUT2D eigenvalue weighted by atomic mass is 10.0. The van der Waals surface area contributed by atoms with Gasteiger partial charge in [-0.05, 0) is 51.2 Å². The van der Waals surface area contributed by atoms with Crippen molar-refractivity contribution < 1.29 is 4.79 Å². The Morgan fingerprint density at radius 2 is 1.86 bits per heavy atom. The molecule has 1 aliphatic heterocycles. The van der Waals surface area contributed by atoms with E-state index in [-0.39, 0.29) is 0 Å². The van der Waals surface area contributed by atoms with Crippen LogP contribution in [-0.2, 0) is 4.79 Å². The van der Waals surface area contributed by atoms with Gasteiger partial charge < -0.3 is 15.1 Å². The third-order valence-electron chi connectivity index (χ3n) is 4.91. The molecule has 1 saturated heterocycles. The number of rotatable bonds is 10. The van der Waals surface area contributed by atoms with Crippen molar-refractivity contribution in [3.05, 3.63) is 0 Å². The molecule has 5 heteroatoms. The zero-order valence-corrected chi connectivity index (χ0v) is 15.2. The quantitative estimate of drug-likeness (QED) is 0.623. The first-order valence-corrected chi connectivity index (χ1v) is 10.2. The fourth-order valence-corrected chi connectivity index (χ4v) is 3.86. The first-order valence-electron chi connectivity index (χ1n) is 9.04. The van der Waals surface area contributed by atoms with Gasteiger partial charge in [0.05, 0.1) is 5.75 Å². The van der Waals surface area contributed by atoms with Gasteiger partial charge in [0.1, 0.15) is 0 Å². The number of piperidine rings is 1. The third-order valence-corrected chi connectivity index (χ3v) is 5.83. The monoisotopic (exact) mass is 327 g/mol. The van der Waals surface area contributed by atoms with E-state index in [1.165, 1.54) is 19.4 Å². The van der Waals surface area contributed by atoms with Crippen LogP contribution in [-0.4, -0.2) is 72.5 Å². The highest BCUT2D eigenvalue weighted by atomic mass is 32.2. The molecule has 0 aromatic rings. The third kappa shape index (κ3) is 6.47.